The molecule has 0 saturated heterocycles. The Bertz CT molecular complexity index is 7540. The molecule has 0 amide bonds. The molecule has 0 aliphatic rings. The highest BCUT2D eigenvalue weighted by molar-refractivity contribution is 6.15. The lowest BCUT2D eigenvalue weighted by Crippen LogP contribution is -2.03. The summed E-state index contributed by atoms with van der Waals surface area (Å²) < 4.78 is 4.22. The number of hydrogen-bond acceptors (Lipinski definition) is 15. The van der Waals surface area contributed by atoms with E-state index in [-0.39, 0.29) is 67.1 Å². The largest absolute Gasteiger partial charge is 0.309 e. The van der Waals surface area contributed by atoms with Gasteiger partial charge >= 0.3 is 0 Å². The molecule has 4 heterocycles. The third-order valence-electron chi connectivity index (χ3n) is 22.5. The maximum absolute atomic E-state index is 10.8. The van der Waals surface area contributed by atoms with Crippen molar-refractivity contribution in [2.45, 2.75) is 0 Å². The first-order chi connectivity index (χ1) is 62.8. The standard InChI is InChI=1S/C108H50N20/c1-118-90-44-64(55-110)41-81(60-115)100(90)74-28-34-96-87(49-74)86-48-73(99-79(58-113)39-63(54-109)40-80(99)59-114)27-33-95(86)127(96)93-37-31-77(107-123-103(67-17-8-4-9-18-67)121-104(124-107)68-19-10-5-11-20-68)52-84(93)71-25-16-26-72(47-71)85-53-78(108-125-105(69-21-12-6-13-22-69)122-106(126-108)70-23-14-7-15-24-70)32-38-94(85)128-97-35-29-75(101-82(61-116)42-65(56-111)45-91(101)119-2)50-88(97)89-51-76(30-36-98(89)128)102-83(62-117)43-66(57-112)46-92(102)120-3/h4-53H. The lowest BCUT2D eigenvalue weighted by molar-refractivity contribution is 1.07. The molecule has 128 heavy (non-hydrogen) atoms. The number of aromatic nitrogens is 8. The summed E-state index contributed by atoms with van der Waals surface area (Å²) >= 11 is 0. The molecule has 20 heteroatoms. The van der Waals surface area contributed by atoms with Gasteiger partial charge in [0, 0.05) is 105 Å². The van der Waals surface area contributed by atoms with Gasteiger partial charge in [-0.1, -0.05) is 164 Å². The monoisotopic (exact) mass is 1630 g/mol. The summed E-state index contributed by atoms with van der Waals surface area (Å²) in [6.07, 6.45) is 0. The van der Waals surface area contributed by atoms with Crippen molar-refractivity contribution in [2.24, 2.45) is 0 Å². The Balaban J connectivity index is 0.913. The Morgan fingerprint density at radius 1 is 0.211 bits per heavy atom. The highest BCUT2D eigenvalue weighted by Gasteiger charge is 2.28. The molecular formula is C108H50N20. The van der Waals surface area contributed by atoms with Gasteiger partial charge in [0.2, 0.25) is 0 Å². The maximum Gasteiger partial charge on any atom is 0.197 e. The third-order valence-corrected chi connectivity index (χ3v) is 22.5. The minimum absolute atomic E-state index is 0.0789. The van der Waals surface area contributed by atoms with Crippen LogP contribution in [-0.2, 0) is 0 Å². The van der Waals surface area contributed by atoms with Crippen molar-refractivity contribution in [3.05, 3.63) is 388 Å². The number of nitrogens with zero attached hydrogens (tertiary/aromatic N) is 20. The predicted molar refractivity (Wildman–Crippen MR) is 488 cm³/mol. The van der Waals surface area contributed by atoms with E-state index in [1.807, 2.05) is 249 Å². The molecule has 19 aromatic rings. The average molecular weight is 1630 g/mol. The molecule has 0 atom stereocenters. The van der Waals surface area contributed by atoms with Crippen LogP contribution in [0.2, 0.25) is 0 Å². The van der Waals surface area contributed by atoms with Crippen molar-refractivity contribution >= 4 is 60.7 Å². The summed E-state index contributed by atoms with van der Waals surface area (Å²) in [7, 11) is 0. The quantitative estimate of drug-likeness (QED) is 0.0913. The second-order valence-corrected chi connectivity index (χ2v) is 29.8. The zero-order valence-electron chi connectivity index (χ0n) is 66.8. The minimum atomic E-state index is 0.0789. The van der Waals surface area contributed by atoms with Gasteiger partial charge in [-0.3, -0.25) is 0 Å². The van der Waals surface area contributed by atoms with Gasteiger partial charge in [0.1, 0.15) is 0 Å². The first-order valence-corrected chi connectivity index (χ1v) is 39.6. The van der Waals surface area contributed by atoms with Crippen LogP contribution in [0, 0.1) is 122 Å². The smallest absolute Gasteiger partial charge is 0.197 e. The molecule has 0 spiro atoms. The van der Waals surface area contributed by atoms with Crippen molar-refractivity contribution < 1.29 is 0 Å². The molecule has 0 fully saturated rings. The topological polar surface area (TPSA) is 314 Å². The second-order valence-electron chi connectivity index (χ2n) is 29.8. The van der Waals surface area contributed by atoms with E-state index in [1.54, 1.807) is 0 Å². The fourth-order valence-corrected chi connectivity index (χ4v) is 16.8. The Morgan fingerprint density at radius 2 is 0.453 bits per heavy atom. The summed E-state index contributed by atoms with van der Waals surface area (Å²) in [6, 6.07) is 112. The van der Waals surface area contributed by atoms with Crippen molar-refractivity contribution in [1.82, 2.24) is 39.0 Å². The molecule has 582 valence electrons. The van der Waals surface area contributed by atoms with E-state index in [0.717, 1.165) is 22.3 Å². The number of nitriles is 9. The van der Waals surface area contributed by atoms with Crippen molar-refractivity contribution in [2.75, 3.05) is 0 Å². The van der Waals surface area contributed by atoms with Gasteiger partial charge in [-0.15, -0.1) is 0 Å². The fourth-order valence-electron chi connectivity index (χ4n) is 16.8. The molecule has 0 saturated carbocycles. The van der Waals surface area contributed by atoms with E-state index >= 15 is 0 Å². The van der Waals surface area contributed by atoms with E-state index in [4.69, 9.17) is 49.6 Å². The van der Waals surface area contributed by atoms with E-state index in [0.29, 0.717) is 168 Å². The van der Waals surface area contributed by atoms with Crippen LogP contribution in [0.4, 0.5) is 17.1 Å². The van der Waals surface area contributed by atoms with E-state index in [1.165, 1.54) is 48.5 Å². The van der Waals surface area contributed by atoms with Crippen LogP contribution in [-0.4, -0.2) is 39.0 Å². The maximum atomic E-state index is 10.8. The Labute approximate surface area is 731 Å². The van der Waals surface area contributed by atoms with Crippen LogP contribution >= 0.6 is 0 Å². The molecule has 20 nitrogen and oxygen atoms in total. The van der Waals surface area contributed by atoms with E-state index < -0.39 is 0 Å². The molecule has 0 radical (unpaired) electrons. The Morgan fingerprint density at radius 3 is 0.719 bits per heavy atom. The van der Waals surface area contributed by atoms with Gasteiger partial charge in [0.25, 0.3) is 0 Å². The lowest BCUT2D eigenvalue weighted by Gasteiger charge is -2.19. The summed E-state index contributed by atoms with van der Waals surface area (Å²) in [5, 5.41) is 97.1. The summed E-state index contributed by atoms with van der Waals surface area (Å²) in [6.45, 7) is 25.3. The SMILES string of the molecule is [C-]#[N+]c1cc(C#N)cc(C#N)c1-c1ccc2c(c1)c1cc(-c3c(C#N)cc(C#N)cc3C#N)ccc1n2-c1ccc(-c2nc(-c3ccccc3)nc(-c3ccccc3)n2)cc1-c1cccc(-c2cc(-c3nc(-c4ccccc4)nc(-c4ccccc4)n3)ccc2-n2c3ccc(-c4c(C#N)cc(C#N)cc4[N+]#[C-])cc3c3cc(-c4c(C#N)cc(C#N)cc4[N+]#[C-])ccc32)c1. The summed E-state index contributed by atoms with van der Waals surface area (Å²) in [5.41, 5.74) is 15.0. The van der Waals surface area contributed by atoms with Crippen LogP contribution < -0.4 is 0 Å². The van der Waals surface area contributed by atoms with E-state index in [9.17, 15) is 47.4 Å². The summed E-state index contributed by atoms with van der Waals surface area (Å²) in [4.78, 5) is 42.8. The Kier molecular flexibility index (Phi) is 19.7. The second kappa shape index (κ2) is 32.5. The normalized spacial score (nSPS) is 10.7. The number of fused-ring (bicyclic) bond motifs is 6. The molecule has 15 aromatic carbocycles. The third kappa shape index (κ3) is 13.6. The molecule has 0 aliphatic carbocycles. The Hall–Kier alpha value is -20.2. The lowest BCUT2D eigenvalue weighted by atomic mass is 9.92. The predicted octanol–water partition coefficient (Wildman–Crippen LogP) is 24.8. The fraction of sp³-hybridized carbons (Fsp3) is 0. The van der Waals surface area contributed by atoms with Crippen LogP contribution in [0.3, 0.4) is 0 Å². The molecule has 4 aromatic heterocycles. The molecule has 19 rings (SSSR count). The van der Waals surface area contributed by atoms with Gasteiger partial charge in [0.15, 0.2) is 52.0 Å². The van der Waals surface area contributed by atoms with Crippen LogP contribution in [0.15, 0.2) is 303 Å². The zero-order chi connectivity index (χ0) is 87.8. The van der Waals surface area contributed by atoms with Crippen molar-refractivity contribution in [3.63, 3.8) is 0 Å². The molecule has 0 unspecified atom stereocenters. The molecular weight excluding hydrogens is 1580 g/mol. The first-order valence-electron chi connectivity index (χ1n) is 39.6. The van der Waals surface area contributed by atoms with E-state index in [2.05, 4.69) is 84.4 Å². The van der Waals surface area contributed by atoms with Gasteiger partial charge in [-0.25, -0.2) is 44.4 Å². The highest BCUT2D eigenvalue weighted by atomic mass is 15.1. The number of hydrogen-bond donors (Lipinski definition) is 0. The van der Waals surface area contributed by atoms with Crippen LogP contribution in [0.5, 0.6) is 0 Å². The zero-order valence-corrected chi connectivity index (χ0v) is 66.8. The molecule has 0 N–H and O–H groups in total. The number of benzene rings is 15. The number of rotatable bonds is 14. The minimum Gasteiger partial charge on any atom is -0.309 e. The summed E-state index contributed by atoms with van der Waals surface area (Å²) in [5.74, 6) is 2.34. The van der Waals surface area contributed by atoms with Gasteiger partial charge in [-0.2, -0.15) is 47.4 Å². The van der Waals surface area contributed by atoms with Crippen molar-refractivity contribution in [1.29, 1.82) is 47.4 Å². The van der Waals surface area contributed by atoms with Crippen LogP contribution in [0.25, 0.3) is 205 Å². The highest BCUT2D eigenvalue weighted by Crippen LogP contribution is 2.49. The van der Waals surface area contributed by atoms with Crippen LogP contribution in [0.1, 0.15) is 50.1 Å². The molecule has 0 bridgehead atoms. The average Bonchev–Trinajstić information content (AvgIpc) is 1.16. The first kappa shape index (κ1) is 77.7. The van der Waals surface area contributed by atoms with Gasteiger partial charge < -0.3 is 9.13 Å². The molecule has 0 aliphatic heterocycles. The van der Waals surface area contributed by atoms with Crippen molar-refractivity contribution in [3.8, 4) is 201 Å². The van der Waals surface area contributed by atoms with Gasteiger partial charge in [-0.05, 0) is 173 Å². The van der Waals surface area contributed by atoms with Gasteiger partial charge in [0.05, 0.1) is 141 Å².